The molecule has 0 aliphatic heterocycles. The molecule has 8 heteroatoms. The topological polar surface area (TPSA) is 114 Å². The molecule has 0 spiro atoms. The first kappa shape index (κ1) is 19.9. The zero-order chi connectivity index (χ0) is 22.1. The molecule has 0 saturated carbocycles. The number of benzene rings is 2. The number of aromatic nitrogens is 3. The Morgan fingerprint density at radius 1 is 1.09 bits per heavy atom. The molecular formula is C24H19N5O2S. The fourth-order valence-electron chi connectivity index (χ4n) is 3.67. The highest BCUT2D eigenvalue weighted by molar-refractivity contribution is 7.17. The Kier molecular flexibility index (Phi) is 5.12. The minimum absolute atomic E-state index is 0.337. The molecule has 5 rings (SSSR count). The SMILES string of the molecule is NC(=O)C(Cc1csc2ccccc12)NC(=O)c1ccc2nc(-c3ccncc3)[nH]c2c1. The number of hydrogen-bond donors (Lipinski definition) is 3. The van der Waals surface area contributed by atoms with Gasteiger partial charge in [-0.15, -0.1) is 11.3 Å². The molecule has 1 unspecified atom stereocenters. The van der Waals surface area contributed by atoms with E-state index in [1.165, 1.54) is 0 Å². The van der Waals surface area contributed by atoms with Gasteiger partial charge in [0.25, 0.3) is 5.91 Å². The van der Waals surface area contributed by atoms with Gasteiger partial charge in [-0.1, -0.05) is 18.2 Å². The lowest BCUT2D eigenvalue weighted by Crippen LogP contribution is -2.45. The van der Waals surface area contributed by atoms with Crippen molar-refractivity contribution in [3.63, 3.8) is 0 Å². The van der Waals surface area contributed by atoms with Crippen LogP contribution in [0.5, 0.6) is 0 Å². The van der Waals surface area contributed by atoms with Crippen molar-refractivity contribution < 1.29 is 9.59 Å². The first-order chi connectivity index (χ1) is 15.6. The van der Waals surface area contributed by atoms with Crippen LogP contribution in [-0.2, 0) is 11.2 Å². The van der Waals surface area contributed by atoms with E-state index in [0.29, 0.717) is 17.8 Å². The third-order valence-corrected chi connectivity index (χ3v) is 6.34. The van der Waals surface area contributed by atoms with Gasteiger partial charge in [0.05, 0.1) is 11.0 Å². The van der Waals surface area contributed by atoms with Gasteiger partial charge in [0, 0.05) is 34.6 Å². The number of carbonyl (C=O) groups is 2. The van der Waals surface area contributed by atoms with Crippen molar-refractivity contribution in [1.82, 2.24) is 20.3 Å². The number of nitrogens with one attached hydrogen (secondary N) is 2. The van der Waals surface area contributed by atoms with Gasteiger partial charge in [-0.2, -0.15) is 0 Å². The first-order valence-electron chi connectivity index (χ1n) is 10.0. The van der Waals surface area contributed by atoms with E-state index in [4.69, 9.17) is 5.73 Å². The summed E-state index contributed by atoms with van der Waals surface area (Å²) in [7, 11) is 0. The van der Waals surface area contributed by atoms with Crippen LogP contribution in [0.3, 0.4) is 0 Å². The highest BCUT2D eigenvalue weighted by Crippen LogP contribution is 2.27. The highest BCUT2D eigenvalue weighted by atomic mass is 32.1. The van der Waals surface area contributed by atoms with E-state index in [1.54, 1.807) is 41.9 Å². The molecule has 0 fully saturated rings. The average molecular weight is 442 g/mol. The van der Waals surface area contributed by atoms with Gasteiger partial charge in [-0.05, 0) is 52.7 Å². The summed E-state index contributed by atoms with van der Waals surface area (Å²) >= 11 is 1.60. The van der Waals surface area contributed by atoms with E-state index in [9.17, 15) is 9.59 Å². The molecule has 1 atom stereocenters. The Morgan fingerprint density at radius 3 is 2.72 bits per heavy atom. The van der Waals surface area contributed by atoms with E-state index in [2.05, 4.69) is 20.3 Å². The molecule has 4 N–H and O–H groups in total. The number of aromatic amines is 1. The minimum Gasteiger partial charge on any atom is -0.368 e. The Bertz CT molecular complexity index is 1440. The monoisotopic (exact) mass is 441 g/mol. The number of nitrogens with zero attached hydrogens (tertiary/aromatic N) is 2. The Labute approximate surface area is 187 Å². The maximum absolute atomic E-state index is 12.9. The summed E-state index contributed by atoms with van der Waals surface area (Å²) in [5, 5.41) is 5.86. The molecule has 3 aromatic heterocycles. The van der Waals surface area contributed by atoms with Crippen molar-refractivity contribution in [3.05, 3.63) is 83.5 Å². The van der Waals surface area contributed by atoms with E-state index < -0.39 is 11.9 Å². The van der Waals surface area contributed by atoms with Crippen molar-refractivity contribution >= 4 is 44.3 Å². The van der Waals surface area contributed by atoms with Crippen LogP contribution in [0, 0.1) is 0 Å². The van der Waals surface area contributed by atoms with E-state index in [-0.39, 0.29) is 5.91 Å². The van der Waals surface area contributed by atoms with Crippen molar-refractivity contribution in [3.8, 4) is 11.4 Å². The quantitative estimate of drug-likeness (QED) is 0.373. The highest BCUT2D eigenvalue weighted by Gasteiger charge is 2.21. The van der Waals surface area contributed by atoms with Gasteiger partial charge in [-0.3, -0.25) is 14.6 Å². The largest absolute Gasteiger partial charge is 0.368 e. The number of H-pyrrole nitrogens is 1. The zero-order valence-corrected chi connectivity index (χ0v) is 17.7. The number of rotatable bonds is 6. The number of thiophene rings is 1. The van der Waals surface area contributed by atoms with Crippen LogP contribution >= 0.6 is 11.3 Å². The molecule has 0 radical (unpaired) electrons. The number of nitrogens with two attached hydrogens (primary N) is 1. The number of imidazole rings is 1. The second kappa shape index (κ2) is 8.24. The maximum atomic E-state index is 12.9. The van der Waals surface area contributed by atoms with E-state index in [0.717, 1.165) is 32.2 Å². The fraction of sp³-hybridized carbons (Fsp3) is 0.0833. The zero-order valence-electron chi connectivity index (χ0n) is 16.9. The van der Waals surface area contributed by atoms with Crippen LogP contribution in [0.4, 0.5) is 0 Å². The molecule has 0 aliphatic carbocycles. The lowest BCUT2D eigenvalue weighted by Gasteiger charge is -2.15. The van der Waals surface area contributed by atoms with E-state index >= 15 is 0 Å². The Morgan fingerprint density at radius 2 is 1.91 bits per heavy atom. The maximum Gasteiger partial charge on any atom is 0.252 e. The number of fused-ring (bicyclic) bond motifs is 2. The van der Waals surface area contributed by atoms with Crippen molar-refractivity contribution in [2.24, 2.45) is 5.73 Å². The van der Waals surface area contributed by atoms with Gasteiger partial charge in [0.15, 0.2) is 0 Å². The normalized spacial score (nSPS) is 12.1. The van der Waals surface area contributed by atoms with E-state index in [1.807, 2.05) is 41.8 Å². The third kappa shape index (κ3) is 3.83. The number of amides is 2. The summed E-state index contributed by atoms with van der Waals surface area (Å²) in [6.45, 7) is 0. The summed E-state index contributed by atoms with van der Waals surface area (Å²) < 4.78 is 1.13. The number of hydrogen-bond acceptors (Lipinski definition) is 5. The van der Waals surface area contributed by atoms with Crippen LogP contribution in [0.25, 0.3) is 32.5 Å². The summed E-state index contributed by atoms with van der Waals surface area (Å²) in [6.07, 6.45) is 3.73. The molecule has 0 aliphatic rings. The number of pyridine rings is 1. The number of primary amides is 1. The minimum atomic E-state index is -0.814. The van der Waals surface area contributed by atoms with Crippen LogP contribution < -0.4 is 11.1 Å². The van der Waals surface area contributed by atoms with Gasteiger partial charge in [0.1, 0.15) is 11.9 Å². The average Bonchev–Trinajstić information content (AvgIpc) is 3.43. The lowest BCUT2D eigenvalue weighted by molar-refractivity contribution is -0.119. The van der Waals surface area contributed by atoms with Crippen LogP contribution in [0.15, 0.2) is 72.4 Å². The molecule has 158 valence electrons. The second-order valence-electron chi connectivity index (χ2n) is 7.44. The molecule has 0 bridgehead atoms. The van der Waals surface area contributed by atoms with Gasteiger partial charge in [0.2, 0.25) is 5.91 Å². The third-order valence-electron chi connectivity index (χ3n) is 5.33. The van der Waals surface area contributed by atoms with Crippen molar-refractivity contribution in [1.29, 1.82) is 0 Å². The lowest BCUT2D eigenvalue weighted by atomic mass is 10.0. The molecule has 32 heavy (non-hydrogen) atoms. The van der Waals surface area contributed by atoms with Crippen molar-refractivity contribution in [2.75, 3.05) is 0 Å². The second-order valence-corrected chi connectivity index (χ2v) is 8.35. The fourth-order valence-corrected chi connectivity index (χ4v) is 4.65. The van der Waals surface area contributed by atoms with Crippen LogP contribution in [-0.4, -0.2) is 32.8 Å². The Balaban J connectivity index is 1.38. The molecule has 2 amide bonds. The standard InChI is InChI=1S/C24H19N5O2S/c25-22(30)20(12-16-13-32-21-4-2-1-3-17(16)21)29-24(31)15-5-6-18-19(11-15)28-23(27-18)14-7-9-26-10-8-14/h1-11,13,20H,12H2,(H2,25,30)(H,27,28)(H,29,31). The molecule has 7 nitrogen and oxygen atoms in total. The van der Waals surface area contributed by atoms with Gasteiger partial charge < -0.3 is 16.0 Å². The molecule has 3 heterocycles. The molecule has 5 aromatic rings. The smallest absolute Gasteiger partial charge is 0.252 e. The first-order valence-corrected chi connectivity index (χ1v) is 10.9. The molecular weight excluding hydrogens is 422 g/mol. The predicted octanol–water partition coefficient (Wildman–Crippen LogP) is 3.67. The van der Waals surface area contributed by atoms with Crippen LogP contribution in [0.1, 0.15) is 15.9 Å². The Hall–Kier alpha value is -4.04. The summed E-state index contributed by atoms with van der Waals surface area (Å²) in [4.78, 5) is 36.8. The number of carbonyl (C=O) groups excluding carboxylic acids is 2. The molecule has 0 saturated heterocycles. The van der Waals surface area contributed by atoms with Gasteiger partial charge in [-0.25, -0.2) is 4.98 Å². The van der Waals surface area contributed by atoms with Crippen LogP contribution in [0.2, 0.25) is 0 Å². The summed E-state index contributed by atoms with van der Waals surface area (Å²) in [5.41, 5.74) is 9.39. The van der Waals surface area contributed by atoms with Crippen molar-refractivity contribution in [2.45, 2.75) is 12.5 Å². The van der Waals surface area contributed by atoms with Gasteiger partial charge >= 0.3 is 0 Å². The summed E-state index contributed by atoms with van der Waals surface area (Å²) in [5.74, 6) is -0.245. The molecule has 2 aromatic carbocycles. The summed E-state index contributed by atoms with van der Waals surface area (Å²) in [6, 6.07) is 16.1. The predicted molar refractivity (Wildman–Crippen MR) is 125 cm³/mol.